The Balaban J connectivity index is 0.950. The Morgan fingerprint density at radius 2 is 1.64 bits per heavy atom. The molecule has 4 heterocycles. The van der Waals surface area contributed by atoms with Gasteiger partial charge in [-0.3, -0.25) is 9.36 Å². The number of esters is 2. The van der Waals surface area contributed by atoms with E-state index in [-0.39, 0.29) is 50.6 Å². The molecular formula is C40H42N8O16. The largest absolute Gasteiger partial charge is 0.512 e. The molecule has 7 rings (SSSR count). The Labute approximate surface area is 362 Å². The van der Waals surface area contributed by atoms with E-state index in [2.05, 4.69) is 35.3 Å². The number of imidazole rings is 1. The number of nitrogens with one attached hydrogen (secondary N) is 1. The van der Waals surface area contributed by atoms with Crippen molar-refractivity contribution < 1.29 is 67.4 Å². The highest BCUT2D eigenvalue weighted by atomic mass is 17.0. The number of carbonyl (C=O) groups is 3. The van der Waals surface area contributed by atoms with Crippen LogP contribution in [-0.4, -0.2) is 121 Å². The number of tetrazole rings is 1. The fourth-order valence-corrected chi connectivity index (χ4v) is 7.31. The Bertz CT molecular complexity index is 2460. The van der Waals surface area contributed by atoms with Crippen LogP contribution in [0.15, 0.2) is 66.7 Å². The third-order valence-corrected chi connectivity index (χ3v) is 10.0. The minimum atomic E-state index is -1.83. The maximum Gasteiger partial charge on any atom is 0.512 e. The minimum absolute atomic E-state index is 0.0301. The molecule has 2 aliphatic heterocycles. The van der Waals surface area contributed by atoms with Gasteiger partial charge in [0.2, 0.25) is 0 Å². The van der Waals surface area contributed by atoms with E-state index in [1.807, 2.05) is 55.5 Å². The molecule has 0 spiro atoms. The molecule has 0 unspecified atom stereocenters. The Morgan fingerprint density at radius 1 is 0.922 bits per heavy atom. The van der Waals surface area contributed by atoms with Crippen molar-refractivity contribution in [3.63, 3.8) is 0 Å². The van der Waals surface area contributed by atoms with Crippen LogP contribution in [0.5, 0.6) is 6.01 Å². The average molecular weight is 891 g/mol. The second-order valence-corrected chi connectivity index (χ2v) is 14.9. The number of aromatic amines is 1. The Hall–Kier alpha value is -7.47. The molecule has 2 aliphatic rings. The summed E-state index contributed by atoms with van der Waals surface area (Å²) < 4.78 is 41.3. The molecule has 3 aromatic carbocycles. The maximum absolute atomic E-state index is 13.9. The normalized spacial score (nSPS) is 18.4. The molecule has 5 atom stereocenters. The lowest BCUT2D eigenvalue weighted by Gasteiger charge is -2.26. The number of benzene rings is 3. The summed E-state index contributed by atoms with van der Waals surface area (Å²) >= 11 is 0. The molecule has 64 heavy (non-hydrogen) atoms. The molecule has 0 saturated carbocycles. The third kappa shape index (κ3) is 10.8. The van der Waals surface area contributed by atoms with Crippen molar-refractivity contribution in [3.05, 3.63) is 98.1 Å². The Kier molecular flexibility index (Phi) is 13.7. The van der Waals surface area contributed by atoms with E-state index in [1.165, 1.54) is 13.8 Å². The van der Waals surface area contributed by atoms with Crippen LogP contribution in [0.3, 0.4) is 0 Å². The van der Waals surface area contributed by atoms with Crippen LogP contribution in [-0.2, 0) is 49.4 Å². The van der Waals surface area contributed by atoms with Crippen LogP contribution < -0.4 is 4.74 Å². The van der Waals surface area contributed by atoms with E-state index in [4.69, 9.17) is 33.2 Å². The first-order chi connectivity index (χ1) is 30.8. The topological polar surface area (TPSA) is 293 Å². The van der Waals surface area contributed by atoms with Gasteiger partial charge < -0.3 is 42.8 Å². The van der Waals surface area contributed by atoms with E-state index in [1.54, 1.807) is 22.8 Å². The van der Waals surface area contributed by atoms with Gasteiger partial charge in [0, 0.05) is 25.8 Å². The van der Waals surface area contributed by atoms with Crippen LogP contribution in [0, 0.1) is 20.2 Å². The number of para-hydroxylation sites is 1. The molecule has 1 N–H and O–H groups in total. The van der Waals surface area contributed by atoms with Crippen molar-refractivity contribution in [3.8, 4) is 28.5 Å². The predicted octanol–water partition coefficient (Wildman–Crippen LogP) is 4.41. The maximum atomic E-state index is 13.9. The lowest BCUT2D eigenvalue weighted by Crippen LogP contribution is -2.39. The fourth-order valence-electron chi connectivity index (χ4n) is 7.31. The van der Waals surface area contributed by atoms with Gasteiger partial charge in [-0.05, 0) is 59.0 Å². The SMILES string of the molecule is CCOc1nc2cccc(C(=O)OC(C)(C)OC(=O)O[C@@H]3CO[C@H]4[C@@H]3OC[C@H]4OC(=O)CCC[C@H](CO[N+](=O)[O-])O[N+](=O)[O-])c2n1Cc1ccc(-c2ccccc2-c2nnn[nH]2)cc1. The summed E-state index contributed by atoms with van der Waals surface area (Å²) in [6, 6.07) is 20.8. The molecule has 0 radical (unpaired) electrons. The highest BCUT2D eigenvalue weighted by molar-refractivity contribution is 6.02. The highest BCUT2D eigenvalue weighted by Crippen LogP contribution is 2.34. The van der Waals surface area contributed by atoms with E-state index in [0.717, 1.165) is 22.3 Å². The molecule has 24 nitrogen and oxygen atoms in total. The lowest BCUT2D eigenvalue weighted by atomic mass is 9.98. The van der Waals surface area contributed by atoms with Gasteiger partial charge in [-0.2, -0.15) is 4.98 Å². The number of ether oxygens (including phenoxy) is 7. The summed E-state index contributed by atoms with van der Waals surface area (Å²) in [5, 5.41) is 33.2. The minimum Gasteiger partial charge on any atom is -0.465 e. The van der Waals surface area contributed by atoms with Crippen molar-refractivity contribution in [2.75, 3.05) is 26.4 Å². The molecule has 0 amide bonds. The zero-order valence-electron chi connectivity index (χ0n) is 34.6. The highest BCUT2D eigenvalue weighted by Gasteiger charge is 2.51. The van der Waals surface area contributed by atoms with Crippen LogP contribution >= 0.6 is 0 Å². The second-order valence-electron chi connectivity index (χ2n) is 14.9. The van der Waals surface area contributed by atoms with E-state index < -0.39 is 71.2 Å². The quantitative estimate of drug-likeness (QED) is 0.0372. The zero-order valence-corrected chi connectivity index (χ0v) is 34.6. The van der Waals surface area contributed by atoms with Gasteiger partial charge in [-0.15, -0.1) is 25.3 Å². The summed E-state index contributed by atoms with van der Waals surface area (Å²) in [7, 11) is 0. The number of fused-ring (bicyclic) bond motifs is 2. The zero-order chi connectivity index (χ0) is 45.4. The standard InChI is InChI=1S/C40H42N8O16/c1-4-56-38-41-29-13-8-12-28(33(29)46(38)19-23-15-17-24(18-16-23)26-10-5-6-11-27(26)36-42-44-45-43-36)37(50)62-40(2,3)63-39(51)61-31-22-58-34-30(21-57-35(31)34)60-32(49)14-7-9-25(64-48(54)55)20-59-47(52)53/h5-6,8,10-13,15-18,25,30-31,34-35H,4,7,9,14,19-22H2,1-3H3,(H,42,43,44,45)/t25-,30-,31-,34-,35-/m1/s1. The summed E-state index contributed by atoms with van der Waals surface area (Å²) in [6.07, 6.45) is -6.20. The van der Waals surface area contributed by atoms with Crippen LogP contribution in [0.4, 0.5) is 4.79 Å². The molecule has 2 saturated heterocycles. The molecule has 2 aromatic heterocycles. The van der Waals surface area contributed by atoms with Crippen LogP contribution in [0.1, 0.15) is 56.0 Å². The van der Waals surface area contributed by atoms with Crippen molar-refractivity contribution in [2.24, 2.45) is 0 Å². The van der Waals surface area contributed by atoms with Gasteiger partial charge >= 0.3 is 18.1 Å². The van der Waals surface area contributed by atoms with Gasteiger partial charge in [0.05, 0.1) is 43.0 Å². The molecule has 5 aromatic rings. The number of carbonyl (C=O) groups excluding carboxylic acids is 3. The molecule has 0 aliphatic carbocycles. The molecule has 24 heteroatoms. The summed E-state index contributed by atoms with van der Waals surface area (Å²) in [5.74, 6) is -2.80. The Morgan fingerprint density at radius 3 is 2.31 bits per heavy atom. The van der Waals surface area contributed by atoms with Crippen molar-refractivity contribution >= 4 is 29.1 Å². The van der Waals surface area contributed by atoms with E-state index in [0.29, 0.717) is 23.5 Å². The number of aromatic nitrogens is 6. The van der Waals surface area contributed by atoms with Gasteiger partial charge in [-0.25, -0.2) is 14.7 Å². The summed E-state index contributed by atoms with van der Waals surface area (Å²) in [4.78, 5) is 73.8. The lowest BCUT2D eigenvalue weighted by molar-refractivity contribution is -0.790. The number of hydrogen-bond acceptors (Lipinski definition) is 20. The third-order valence-electron chi connectivity index (χ3n) is 10.0. The first-order valence-electron chi connectivity index (χ1n) is 20.0. The first-order valence-corrected chi connectivity index (χ1v) is 20.0. The van der Waals surface area contributed by atoms with Crippen molar-refractivity contribution in [2.45, 2.75) is 82.9 Å². The molecule has 338 valence electrons. The number of H-pyrrole nitrogens is 1. The first kappa shape index (κ1) is 44.6. The van der Waals surface area contributed by atoms with Crippen LogP contribution in [0.2, 0.25) is 0 Å². The summed E-state index contributed by atoms with van der Waals surface area (Å²) in [6.45, 7) is 4.23. The van der Waals surface area contributed by atoms with Crippen LogP contribution in [0.25, 0.3) is 33.5 Å². The van der Waals surface area contributed by atoms with Crippen molar-refractivity contribution in [1.29, 1.82) is 0 Å². The molecule has 0 bridgehead atoms. The predicted molar refractivity (Wildman–Crippen MR) is 214 cm³/mol. The number of rotatable bonds is 20. The smallest absolute Gasteiger partial charge is 0.465 e. The molecular weight excluding hydrogens is 848 g/mol. The number of nitrogens with zero attached hydrogens (tertiary/aromatic N) is 7. The average Bonchev–Trinajstić information content (AvgIpc) is 4.07. The van der Waals surface area contributed by atoms with Gasteiger partial charge in [-0.1, -0.05) is 54.6 Å². The van der Waals surface area contributed by atoms with Gasteiger partial charge in [0.15, 0.2) is 18.0 Å². The van der Waals surface area contributed by atoms with E-state index in [9.17, 15) is 34.6 Å². The van der Waals surface area contributed by atoms with Gasteiger partial charge in [0.1, 0.15) is 24.9 Å². The number of hydrogen-bond donors (Lipinski definition) is 1. The van der Waals surface area contributed by atoms with Gasteiger partial charge in [0.25, 0.3) is 22.0 Å². The monoisotopic (exact) mass is 890 g/mol. The summed E-state index contributed by atoms with van der Waals surface area (Å²) in [5.41, 5.74) is 4.59. The molecule has 2 fully saturated rings. The van der Waals surface area contributed by atoms with Crippen molar-refractivity contribution in [1.82, 2.24) is 30.2 Å². The fraction of sp³-hybridized carbons (Fsp3) is 0.425. The second kappa shape index (κ2) is 19.7. The van der Waals surface area contributed by atoms with E-state index >= 15 is 0 Å².